The van der Waals surface area contributed by atoms with E-state index in [0.29, 0.717) is 5.41 Å². The molecule has 6 unspecified atom stereocenters. The van der Waals surface area contributed by atoms with Gasteiger partial charge in [-0.05, 0) is 79.4 Å². The highest BCUT2D eigenvalue weighted by molar-refractivity contribution is 5.10. The number of aliphatic hydroxyl groups excluding tert-OH is 1. The van der Waals surface area contributed by atoms with Crippen molar-refractivity contribution in [3.63, 3.8) is 0 Å². The lowest BCUT2D eigenvalue weighted by molar-refractivity contribution is -0.230. The van der Waals surface area contributed by atoms with Crippen LogP contribution in [0.5, 0.6) is 0 Å². The minimum absolute atomic E-state index is 0.0520. The monoisotopic (exact) mass is 334 g/mol. The van der Waals surface area contributed by atoms with E-state index < -0.39 is 0 Å². The molecule has 3 nitrogen and oxygen atoms in total. The van der Waals surface area contributed by atoms with Gasteiger partial charge in [-0.1, -0.05) is 13.8 Å². The van der Waals surface area contributed by atoms with E-state index in [2.05, 4.69) is 13.8 Å². The van der Waals surface area contributed by atoms with Crippen molar-refractivity contribution in [1.29, 1.82) is 0 Å². The third-order valence-electron chi connectivity index (χ3n) is 9.43. The molecule has 1 heterocycles. The van der Waals surface area contributed by atoms with Gasteiger partial charge in [-0.25, -0.2) is 0 Å². The zero-order valence-electron chi connectivity index (χ0n) is 15.4. The molecular weight excluding hydrogens is 300 g/mol. The van der Waals surface area contributed by atoms with E-state index in [-0.39, 0.29) is 17.3 Å². The van der Waals surface area contributed by atoms with Crippen molar-refractivity contribution in [2.75, 3.05) is 13.2 Å². The molecule has 1 N–H and O–H groups in total. The van der Waals surface area contributed by atoms with Crippen molar-refractivity contribution >= 4 is 0 Å². The van der Waals surface area contributed by atoms with Crippen LogP contribution < -0.4 is 0 Å². The Bertz CT molecular complexity index is 513. The lowest BCUT2D eigenvalue weighted by Gasteiger charge is -2.61. The first-order chi connectivity index (χ1) is 11.5. The summed E-state index contributed by atoms with van der Waals surface area (Å²) in [4.78, 5) is 0. The standard InChI is InChI=1S/C21H34O3/c1-19-9-10-21(23-11-12-24-21)13-14(19)3-4-15-16-5-6-18(22)20(16,2)8-7-17(15)19/h14-18,22H,3-13H2,1-2H3/t14-,15?,16?,17?,18?,19?,20?/m0/s1. The Morgan fingerprint density at radius 3 is 2.33 bits per heavy atom. The van der Waals surface area contributed by atoms with Crippen LogP contribution in [0.3, 0.4) is 0 Å². The lowest BCUT2D eigenvalue weighted by Crippen LogP contribution is -2.56. The Morgan fingerprint density at radius 2 is 1.54 bits per heavy atom. The fourth-order valence-corrected chi connectivity index (χ4v) is 7.93. The van der Waals surface area contributed by atoms with Crippen LogP contribution in [0.4, 0.5) is 0 Å². The molecular formula is C21H34O3. The molecule has 0 radical (unpaired) electrons. The van der Waals surface area contributed by atoms with Crippen LogP contribution in [-0.4, -0.2) is 30.2 Å². The van der Waals surface area contributed by atoms with Crippen LogP contribution in [0.2, 0.25) is 0 Å². The number of rotatable bonds is 0. The summed E-state index contributed by atoms with van der Waals surface area (Å²) >= 11 is 0. The highest BCUT2D eigenvalue weighted by atomic mass is 16.7. The van der Waals surface area contributed by atoms with Crippen LogP contribution in [0.1, 0.15) is 71.6 Å². The predicted octanol–water partition coefficient (Wildman–Crippen LogP) is 4.13. The first-order valence-corrected chi connectivity index (χ1v) is 10.4. The molecule has 0 amide bonds. The fraction of sp³-hybridized carbons (Fsp3) is 1.00. The Labute approximate surface area is 146 Å². The number of ether oxygens (including phenoxy) is 2. The largest absolute Gasteiger partial charge is 0.393 e. The van der Waals surface area contributed by atoms with Crippen molar-refractivity contribution in [3.05, 3.63) is 0 Å². The van der Waals surface area contributed by atoms with E-state index >= 15 is 0 Å². The normalized spacial score (nSPS) is 55.9. The maximum absolute atomic E-state index is 10.6. The smallest absolute Gasteiger partial charge is 0.168 e. The van der Waals surface area contributed by atoms with Crippen molar-refractivity contribution in [2.45, 2.75) is 83.5 Å². The molecule has 4 saturated carbocycles. The number of hydrogen-bond donors (Lipinski definition) is 1. The summed E-state index contributed by atoms with van der Waals surface area (Å²) in [6, 6.07) is 0. The van der Waals surface area contributed by atoms with Gasteiger partial charge in [0.1, 0.15) is 0 Å². The van der Waals surface area contributed by atoms with Gasteiger partial charge in [0.25, 0.3) is 0 Å². The second-order valence-electron chi connectivity index (χ2n) is 10.1. The molecule has 5 aliphatic rings. The molecule has 5 rings (SSSR count). The van der Waals surface area contributed by atoms with E-state index in [9.17, 15) is 5.11 Å². The second kappa shape index (κ2) is 5.20. The van der Waals surface area contributed by atoms with Crippen molar-refractivity contribution in [3.8, 4) is 0 Å². The fourth-order valence-electron chi connectivity index (χ4n) is 7.93. The molecule has 1 spiro atoms. The predicted molar refractivity (Wildman–Crippen MR) is 92.4 cm³/mol. The molecule has 1 saturated heterocycles. The Morgan fingerprint density at radius 1 is 0.792 bits per heavy atom. The molecule has 5 fully saturated rings. The second-order valence-corrected chi connectivity index (χ2v) is 10.1. The average Bonchev–Trinajstić information content (AvgIpc) is 3.14. The topological polar surface area (TPSA) is 38.7 Å². The third kappa shape index (κ3) is 2.01. The first kappa shape index (κ1) is 16.1. The Hall–Kier alpha value is -0.120. The molecule has 4 aliphatic carbocycles. The van der Waals surface area contributed by atoms with Gasteiger partial charge in [-0.3, -0.25) is 0 Å². The molecule has 1 aliphatic heterocycles. The molecule has 0 bridgehead atoms. The lowest BCUT2D eigenvalue weighted by atomic mass is 9.45. The molecule has 0 aromatic rings. The van der Waals surface area contributed by atoms with Gasteiger partial charge >= 0.3 is 0 Å². The first-order valence-electron chi connectivity index (χ1n) is 10.4. The third-order valence-corrected chi connectivity index (χ3v) is 9.43. The Balaban J connectivity index is 1.41. The van der Waals surface area contributed by atoms with E-state index in [4.69, 9.17) is 9.47 Å². The maximum atomic E-state index is 10.6. The van der Waals surface area contributed by atoms with Gasteiger partial charge in [0.05, 0.1) is 19.3 Å². The number of aliphatic hydroxyl groups is 1. The highest BCUT2D eigenvalue weighted by Crippen LogP contribution is 2.67. The Kier molecular flexibility index (Phi) is 3.49. The summed E-state index contributed by atoms with van der Waals surface area (Å²) in [5.74, 6) is 3.00. The molecule has 0 aromatic carbocycles. The van der Waals surface area contributed by atoms with Crippen LogP contribution in [-0.2, 0) is 9.47 Å². The van der Waals surface area contributed by atoms with Crippen LogP contribution in [0.25, 0.3) is 0 Å². The van der Waals surface area contributed by atoms with E-state index in [1.165, 1.54) is 38.5 Å². The summed E-state index contributed by atoms with van der Waals surface area (Å²) in [5.41, 5.74) is 0.677. The molecule has 136 valence electrons. The number of hydrogen-bond acceptors (Lipinski definition) is 3. The summed E-state index contributed by atoms with van der Waals surface area (Å²) in [5, 5.41) is 10.6. The van der Waals surface area contributed by atoms with E-state index in [1.807, 2.05) is 0 Å². The highest BCUT2D eigenvalue weighted by Gasteiger charge is 2.61. The summed E-state index contributed by atoms with van der Waals surface area (Å²) in [6.45, 7) is 6.54. The minimum Gasteiger partial charge on any atom is -0.393 e. The zero-order chi connectivity index (χ0) is 16.6. The average molecular weight is 334 g/mol. The maximum Gasteiger partial charge on any atom is 0.168 e. The molecule has 7 atom stereocenters. The van der Waals surface area contributed by atoms with Gasteiger partial charge in [0.15, 0.2) is 5.79 Å². The summed E-state index contributed by atoms with van der Waals surface area (Å²) in [7, 11) is 0. The SMILES string of the molecule is CC12CCC3C(CC[C@H]4CC5(CCC34C)OCCO5)C1CCC2O. The van der Waals surface area contributed by atoms with Crippen molar-refractivity contribution in [1.82, 2.24) is 0 Å². The van der Waals surface area contributed by atoms with Crippen LogP contribution in [0.15, 0.2) is 0 Å². The van der Waals surface area contributed by atoms with Gasteiger partial charge in [0.2, 0.25) is 0 Å². The summed E-state index contributed by atoms with van der Waals surface area (Å²) in [6.07, 6.45) is 11.0. The van der Waals surface area contributed by atoms with E-state index in [1.54, 1.807) is 0 Å². The van der Waals surface area contributed by atoms with Crippen molar-refractivity contribution < 1.29 is 14.6 Å². The van der Waals surface area contributed by atoms with E-state index in [0.717, 1.165) is 56.1 Å². The van der Waals surface area contributed by atoms with Crippen molar-refractivity contribution in [2.24, 2.45) is 34.5 Å². The van der Waals surface area contributed by atoms with Gasteiger partial charge in [-0.2, -0.15) is 0 Å². The van der Waals surface area contributed by atoms with Gasteiger partial charge < -0.3 is 14.6 Å². The molecule has 0 aromatic heterocycles. The molecule has 24 heavy (non-hydrogen) atoms. The summed E-state index contributed by atoms with van der Waals surface area (Å²) < 4.78 is 12.1. The van der Waals surface area contributed by atoms with Crippen LogP contribution >= 0.6 is 0 Å². The molecule has 3 heteroatoms. The minimum atomic E-state index is -0.232. The van der Waals surface area contributed by atoms with Gasteiger partial charge in [0, 0.05) is 12.8 Å². The quantitative estimate of drug-likeness (QED) is 0.724. The van der Waals surface area contributed by atoms with Gasteiger partial charge in [-0.15, -0.1) is 0 Å². The van der Waals surface area contributed by atoms with Crippen LogP contribution in [0, 0.1) is 34.5 Å². The number of fused-ring (bicyclic) bond motifs is 5. The zero-order valence-corrected chi connectivity index (χ0v) is 15.4.